The summed E-state index contributed by atoms with van der Waals surface area (Å²) in [6.07, 6.45) is 1.09. The van der Waals surface area contributed by atoms with Gasteiger partial charge in [-0.05, 0) is 37.3 Å². The third-order valence-corrected chi connectivity index (χ3v) is 4.50. The van der Waals surface area contributed by atoms with E-state index in [4.69, 9.17) is 4.74 Å². The maximum absolute atomic E-state index is 12.2. The van der Waals surface area contributed by atoms with Crippen LogP contribution in [-0.2, 0) is 14.6 Å². The molecule has 0 heterocycles. The fraction of sp³-hybridized carbons (Fsp3) is 0.222. The maximum Gasteiger partial charge on any atom is 0.255 e. The number of hydrogen-bond donors (Lipinski definition) is 2. The average Bonchev–Trinajstić information content (AvgIpc) is 2.60. The zero-order valence-corrected chi connectivity index (χ0v) is 15.3. The molecule has 0 saturated carbocycles. The van der Waals surface area contributed by atoms with Gasteiger partial charge in [0, 0.05) is 11.9 Å². The second kappa shape index (κ2) is 8.48. The van der Waals surface area contributed by atoms with Crippen molar-refractivity contribution in [3.05, 3.63) is 54.1 Å². The van der Waals surface area contributed by atoms with Crippen molar-refractivity contribution in [2.45, 2.75) is 11.8 Å². The van der Waals surface area contributed by atoms with Crippen molar-refractivity contribution >= 4 is 27.3 Å². The lowest BCUT2D eigenvalue weighted by Gasteiger charge is -2.11. The summed E-state index contributed by atoms with van der Waals surface area (Å²) in [4.78, 5) is 24.3. The smallest absolute Gasteiger partial charge is 0.255 e. The number of rotatable bonds is 7. The van der Waals surface area contributed by atoms with Crippen LogP contribution >= 0.6 is 0 Å². The van der Waals surface area contributed by atoms with Crippen LogP contribution in [0.4, 0.5) is 5.69 Å². The molecule has 0 unspecified atom stereocenters. The van der Waals surface area contributed by atoms with Crippen LogP contribution in [0.15, 0.2) is 53.4 Å². The largest absolute Gasteiger partial charge is 0.493 e. The number of nitrogens with one attached hydrogen (secondary N) is 2. The predicted octanol–water partition coefficient (Wildman–Crippen LogP) is 1.86. The van der Waals surface area contributed by atoms with Crippen molar-refractivity contribution in [3.8, 4) is 5.75 Å². The first-order chi connectivity index (χ1) is 12.3. The molecule has 0 atom stereocenters. The third-order valence-electron chi connectivity index (χ3n) is 3.39. The Morgan fingerprint density at radius 2 is 1.81 bits per heavy atom. The lowest BCUT2D eigenvalue weighted by Crippen LogP contribution is -2.33. The van der Waals surface area contributed by atoms with E-state index in [0.29, 0.717) is 23.6 Å². The summed E-state index contributed by atoms with van der Waals surface area (Å²) in [7, 11) is -3.37. The first-order valence-corrected chi connectivity index (χ1v) is 9.80. The molecule has 2 amide bonds. The van der Waals surface area contributed by atoms with Gasteiger partial charge in [0.2, 0.25) is 5.91 Å². The Hall–Kier alpha value is -2.87. The molecule has 138 valence electrons. The summed E-state index contributed by atoms with van der Waals surface area (Å²) >= 11 is 0. The summed E-state index contributed by atoms with van der Waals surface area (Å²) in [6, 6.07) is 12.6. The molecule has 2 aromatic rings. The number of para-hydroxylation sites is 1. The lowest BCUT2D eigenvalue weighted by molar-refractivity contribution is -0.115. The number of amides is 2. The van der Waals surface area contributed by atoms with E-state index in [9.17, 15) is 18.0 Å². The molecule has 0 aliphatic carbocycles. The Labute approximate surface area is 152 Å². The van der Waals surface area contributed by atoms with E-state index in [0.717, 1.165) is 6.26 Å². The van der Waals surface area contributed by atoms with Crippen molar-refractivity contribution < 1.29 is 22.7 Å². The molecule has 26 heavy (non-hydrogen) atoms. The molecule has 0 bridgehead atoms. The Bertz CT molecular complexity index is 909. The molecule has 2 aromatic carbocycles. The van der Waals surface area contributed by atoms with Crippen LogP contribution < -0.4 is 15.4 Å². The van der Waals surface area contributed by atoms with Crippen molar-refractivity contribution in [1.82, 2.24) is 5.32 Å². The van der Waals surface area contributed by atoms with Crippen molar-refractivity contribution in [3.63, 3.8) is 0 Å². The lowest BCUT2D eigenvalue weighted by atomic mass is 10.2. The average molecular weight is 376 g/mol. The monoisotopic (exact) mass is 376 g/mol. The molecule has 0 aromatic heterocycles. The fourth-order valence-electron chi connectivity index (χ4n) is 2.20. The van der Waals surface area contributed by atoms with E-state index in [1.54, 1.807) is 30.3 Å². The van der Waals surface area contributed by atoms with Gasteiger partial charge in [0.25, 0.3) is 5.91 Å². The minimum atomic E-state index is -3.37. The highest BCUT2D eigenvalue weighted by molar-refractivity contribution is 7.90. The minimum Gasteiger partial charge on any atom is -0.493 e. The SMILES string of the molecule is CCOc1ccccc1C(=O)NCC(=O)Nc1cccc(S(C)(=O)=O)c1. The first-order valence-electron chi connectivity index (χ1n) is 7.91. The zero-order chi connectivity index (χ0) is 19.2. The van der Waals surface area contributed by atoms with Crippen LogP contribution in [-0.4, -0.2) is 39.6 Å². The van der Waals surface area contributed by atoms with Gasteiger partial charge in [0.1, 0.15) is 5.75 Å². The zero-order valence-electron chi connectivity index (χ0n) is 14.5. The predicted molar refractivity (Wildman–Crippen MR) is 98.1 cm³/mol. The normalized spacial score (nSPS) is 10.8. The van der Waals surface area contributed by atoms with Crippen LogP contribution in [0.3, 0.4) is 0 Å². The van der Waals surface area contributed by atoms with E-state index < -0.39 is 21.7 Å². The quantitative estimate of drug-likeness (QED) is 0.768. The number of carbonyl (C=O) groups is 2. The van der Waals surface area contributed by atoms with Crippen molar-refractivity contribution in [1.29, 1.82) is 0 Å². The van der Waals surface area contributed by atoms with Crippen LogP contribution in [0.5, 0.6) is 5.75 Å². The molecule has 2 rings (SSSR count). The Balaban J connectivity index is 1.98. The van der Waals surface area contributed by atoms with E-state index in [1.165, 1.54) is 18.2 Å². The number of carbonyl (C=O) groups excluding carboxylic acids is 2. The van der Waals surface area contributed by atoms with Gasteiger partial charge in [-0.2, -0.15) is 0 Å². The highest BCUT2D eigenvalue weighted by Crippen LogP contribution is 2.18. The van der Waals surface area contributed by atoms with Gasteiger partial charge in [0.15, 0.2) is 9.84 Å². The Morgan fingerprint density at radius 3 is 2.50 bits per heavy atom. The van der Waals surface area contributed by atoms with Crippen molar-refractivity contribution in [2.75, 3.05) is 24.7 Å². The van der Waals surface area contributed by atoms with Gasteiger partial charge in [-0.15, -0.1) is 0 Å². The minimum absolute atomic E-state index is 0.102. The highest BCUT2D eigenvalue weighted by Gasteiger charge is 2.13. The van der Waals surface area contributed by atoms with Crippen LogP contribution in [0.25, 0.3) is 0 Å². The number of ether oxygens (including phenoxy) is 1. The van der Waals surface area contributed by atoms with E-state index >= 15 is 0 Å². The number of hydrogen-bond acceptors (Lipinski definition) is 5. The summed E-state index contributed by atoms with van der Waals surface area (Å²) < 4.78 is 28.5. The van der Waals surface area contributed by atoms with Gasteiger partial charge in [-0.3, -0.25) is 9.59 Å². The standard InChI is InChI=1S/C18H20N2O5S/c1-3-25-16-10-5-4-9-15(16)18(22)19-12-17(21)20-13-7-6-8-14(11-13)26(2,23)24/h4-11H,3,12H2,1-2H3,(H,19,22)(H,20,21). The summed E-state index contributed by atoms with van der Waals surface area (Å²) in [5, 5.41) is 5.07. The highest BCUT2D eigenvalue weighted by atomic mass is 32.2. The molecule has 0 spiro atoms. The van der Waals surface area contributed by atoms with Crippen LogP contribution in [0, 0.1) is 0 Å². The summed E-state index contributed by atoms with van der Waals surface area (Å²) in [5.41, 5.74) is 0.670. The molecular weight excluding hydrogens is 356 g/mol. The number of anilines is 1. The topological polar surface area (TPSA) is 102 Å². The van der Waals surface area contributed by atoms with E-state index in [1.807, 2.05) is 6.92 Å². The summed E-state index contributed by atoms with van der Waals surface area (Å²) in [5.74, 6) is -0.472. The molecule has 8 heteroatoms. The number of sulfone groups is 1. The Morgan fingerprint density at radius 1 is 1.08 bits per heavy atom. The van der Waals surface area contributed by atoms with Gasteiger partial charge < -0.3 is 15.4 Å². The molecule has 2 N–H and O–H groups in total. The van der Waals surface area contributed by atoms with Crippen molar-refractivity contribution in [2.24, 2.45) is 0 Å². The molecule has 0 fully saturated rings. The summed E-state index contributed by atoms with van der Waals surface area (Å²) in [6.45, 7) is 1.97. The van der Waals surface area contributed by atoms with Crippen LogP contribution in [0.2, 0.25) is 0 Å². The van der Waals surface area contributed by atoms with Gasteiger partial charge >= 0.3 is 0 Å². The number of benzene rings is 2. The molecule has 0 saturated heterocycles. The molecule has 0 aliphatic rings. The molecule has 0 aliphatic heterocycles. The van der Waals surface area contributed by atoms with Crippen LogP contribution in [0.1, 0.15) is 17.3 Å². The second-order valence-electron chi connectivity index (χ2n) is 5.46. The third kappa shape index (κ3) is 5.32. The van der Waals surface area contributed by atoms with E-state index in [-0.39, 0.29) is 11.4 Å². The van der Waals surface area contributed by atoms with E-state index in [2.05, 4.69) is 10.6 Å². The first kappa shape index (κ1) is 19.5. The van der Waals surface area contributed by atoms with Gasteiger partial charge in [0.05, 0.1) is 23.6 Å². The molecule has 0 radical (unpaired) electrons. The fourth-order valence-corrected chi connectivity index (χ4v) is 2.87. The Kier molecular flexibility index (Phi) is 6.35. The molecular formula is C18H20N2O5S. The van der Waals surface area contributed by atoms with Gasteiger partial charge in [-0.1, -0.05) is 18.2 Å². The van der Waals surface area contributed by atoms with Gasteiger partial charge in [-0.25, -0.2) is 8.42 Å². The molecule has 7 nitrogen and oxygen atoms in total. The maximum atomic E-state index is 12.2. The second-order valence-corrected chi connectivity index (χ2v) is 7.48.